The summed E-state index contributed by atoms with van der Waals surface area (Å²) in [7, 11) is 0. The summed E-state index contributed by atoms with van der Waals surface area (Å²) in [5.41, 5.74) is 0. The summed E-state index contributed by atoms with van der Waals surface area (Å²) in [6.07, 6.45) is 0.500. The van der Waals surface area contributed by atoms with Crippen molar-refractivity contribution in [3.05, 3.63) is 5.41 Å². The van der Waals surface area contributed by atoms with Gasteiger partial charge in [-0.15, -0.1) is 0 Å². The molecule has 0 saturated heterocycles. The predicted molar refractivity (Wildman–Crippen MR) is 14.8 cm³/mol. The van der Waals surface area contributed by atoms with Crippen LogP contribution >= 0.6 is 0 Å². The zero-order valence-electron chi connectivity index (χ0n) is 2.93. The Balaban J connectivity index is -0.0000000200. The molecule has 0 fully saturated rings. The van der Waals surface area contributed by atoms with Crippen molar-refractivity contribution in [2.45, 2.75) is 0 Å². The molecule has 5 heavy (non-hydrogen) atoms. The minimum atomic E-state index is 0. The molecule has 0 bridgehead atoms. The van der Waals surface area contributed by atoms with E-state index in [0.29, 0.717) is 6.08 Å². The van der Waals surface area contributed by atoms with Crippen LogP contribution in [0.2, 0.25) is 0 Å². The molecule has 0 aromatic heterocycles. The van der Waals surface area contributed by atoms with Gasteiger partial charge < -0.3 is 13.8 Å². The molecule has 0 aliphatic heterocycles. The Morgan fingerprint density at radius 1 is 1.60 bits per heavy atom. The molecule has 0 N–H and O–H groups in total. The van der Waals surface area contributed by atoms with Gasteiger partial charge in [-0.3, -0.25) is 4.79 Å². The summed E-state index contributed by atoms with van der Waals surface area (Å²) in [5, 5.41) is 6.76. The zero-order chi connectivity index (χ0) is 2.71. The molecule has 0 aliphatic carbocycles. The molecule has 0 spiro atoms. The van der Waals surface area contributed by atoms with Gasteiger partial charge in [0.05, 0.1) is 0 Å². The number of isocyanates is 1. The van der Waals surface area contributed by atoms with Gasteiger partial charge in [0.2, 0.25) is 0 Å². The van der Waals surface area contributed by atoms with Crippen LogP contribution in [0.15, 0.2) is 0 Å². The molecule has 4 heteroatoms. The van der Waals surface area contributed by atoms with Gasteiger partial charge in [0.15, 0.2) is 0 Å². The molecule has 0 rings (SSSR count). The fourth-order valence-electron chi connectivity index (χ4n) is 0. The van der Waals surface area contributed by atoms with Crippen LogP contribution in [0.25, 0.3) is 5.41 Å². The van der Waals surface area contributed by atoms with Gasteiger partial charge in [-0.2, -0.15) is 0 Å². The van der Waals surface area contributed by atoms with E-state index in [1.165, 1.54) is 0 Å². The number of carbonyl (C=O) groups excluding carboxylic acids is 1. The maximum absolute atomic E-state index is 8.24. The molecule has 0 aliphatic rings. The second-order valence-electron chi connectivity index (χ2n) is 0.0913. The van der Waals surface area contributed by atoms with Gasteiger partial charge in [-0.05, 0) is 6.08 Å². The van der Waals surface area contributed by atoms with E-state index in [1.807, 2.05) is 0 Å². The Morgan fingerprint density at radius 2 is 1.60 bits per heavy atom. The summed E-state index contributed by atoms with van der Waals surface area (Å²) < 4.78 is 0. The van der Waals surface area contributed by atoms with Crippen LogP contribution in [0.3, 0.4) is 0 Å². The number of hydrogen-bond acceptors (Lipinski definition) is 1. The van der Waals surface area contributed by atoms with E-state index in [0.717, 1.165) is 0 Å². The maximum atomic E-state index is 8.24. The minimum absolute atomic E-state index is 0. The number of hydrogen-bond donors (Lipinski definition) is 0. The van der Waals surface area contributed by atoms with Crippen molar-refractivity contribution in [1.82, 2.24) is 0 Å². The average molecular weight is 75.8 g/mol. The van der Waals surface area contributed by atoms with Crippen LogP contribution in [-0.4, -0.2) is 14.5 Å². The van der Waals surface area contributed by atoms with Crippen LogP contribution in [0.1, 0.15) is 0 Å². The van der Waals surface area contributed by atoms with Crippen molar-refractivity contribution in [3.8, 4) is 0 Å². The summed E-state index contributed by atoms with van der Waals surface area (Å²) in [6, 6.07) is 0. The summed E-state index contributed by atoms with van der Waals surface area (Å²) in [4.78, 5) is 8.24. The number of rotatable bonds is 0. The molecule has 2 nitrogen and oxygen atoms in total. The first kappa shape index (κ1) is 18.0. The van der Waals surface area contributed by atoms with E-state index in [4.69, 9.17) is 10.2 Å². The second kappa shape index (κ2) is 25.3. The van der Waals surface area contributed by atoms with Gasteiger partial charge in [0.25, 0.3) is 0 Å². The van der Waals surface area contributed by atoms with Crippen LogP contribution in [0.4, 0.5) is 0 Å². The zero-order valence-corrected chi connectivity index (χ0v) is 4.93. The van der Waals surface area contributed by atoms with Gasteiger partial charge in [-0.1, -0.05) is 0 Å². The van der Waals surface area contributed by atoms with E-state index in [1.54, 1.807) is 0 Å². The van der Waals surface area contributed by atoms with E-state index in [9.17, 15) is 0 Å². The summed E-state index contributed by atoms with van der Waals surface area (Å²) >= 11 is 0. The van der Waals surface area contributed by atoms with Gasteiger partial charge in [0.1, 0.15) is 0 Å². The quantitative estimate of drug-likeness (QED) is 0.168. The molecule has 0 aromatic rings. The molecule has 0 atom stereocenters. The van der Waals surface area contributed by atoms with Crippen molar-refractivity contribution in [2.75, 3.05) is 0 Å². The van der Waals surface area contributed by atoms with E-state index in [-0.39, 0.29) is 38.0 Å². The molecular weight excluding hydrogens is 75.8 g/mol. The fraction of sp³-hybridized carbons (Fsp3) is 0. The number of nitrogens with zero attached hydrogens (tertiary/aromatic N) is 1. The predicted octanol–water partition coefficient (Wildman–Crippen LogP) is -3.49. The fourth-order valence-corrected chi connectivity index (χ4v) is 0. The van der Waals surface area contributed by atoms with Crippen molar-refractivity contribution in [1.29, 1.82) is 0 Å². The summed E-state index contributed by atoms with van der Waals surface area (Å²) in [6.45, 7) is 0. The average Bonchev–Trinajstić information content (AvgIpc) is 0.918. The third-order valence-electron chi connectivity index (χ3n) is 0. The Morgan fingerprint density at radius 3 is 1.60 bits per heavy atom. The first-order valence-electron chi connectivity index (χ1n) is 0.428. The van der Waals surface area contributed by atoms with Gasteiger partial charge >= 0.3 is 29.6 Å². The Kier molecular flexibility index (Phi) is 90.9. The Bertz CT molecular complexity index is 32.6. The molecule has 0 aromatic carbocycles. The van der Waals surface area contributed by atoms with Crippen molar-refractivity contribution in [3.63, 3.8) is 0 Å². The van der Waals surface area contributed by atoms with E-state index in [2.05, 4.69) is 0 Å². The molecule has 0 heterocycles. The Labute approximate surface area is 54.3 Å². The molecule has 0 unspecified atom stereocenters. The van der Waals surface area contributed by atoms with Crippen LogP contribution in [0, 0.1) is 0 Å². The van der Waals surface area contributed by atoms with Crippen LogP contribution in [-0.2, 0) is 4.79 Å². The normalized spacial score (nSPS) is 1.60. The molecular formula is CBNNaO-. The van der Waals surface area contributed by atoms with Crippen molar-refractivity contribution < 1.29 is 34.4 Å². The Hall–Kier alpha value is 0.445. The topological polar surface area (TPSA) is 39.4 Å². The largest absolute Gasteiger partial charge is 1.00 e. The molecule has 0 saturated carbocycles. The standard InChI is InChI=1S/CNO.B.Na/c2-1-3;;/q2*-1;+1. The van der Waals surface area contributed by atoms with Gasteiger partial charge in [-0.25, -0.2) is 0 Å². The minimum Gasteiger partial charge on any atom is -1.00 e. The van der Waals surface area contributed by atoms with Crippen molar-refractivity contribution >= 4 is 14.5 Å². The monoisotopic (exact) mass is 76.0 g/mol. The van der Waals surface area contributed by atoms with Gasteiger partial charge in [0, 0.05) is 0 Å². The smallest absolute Gasteiger partial charge is 1.00 e. The maximum Gasteiger partial charge on any atom is 1.00 e. The van der Waals surface area contributed by atoms with Crippen LogP contribution < -0.4 is 29.6 Å². The van der Waals surface area contributed by atoms with Crippen molar-refractivity contribution in [2.24, 2.45) is 0 Å². The second-order valence-corrected chi connectivity index (χ2v) is 0.0913. The third-order valence-corrected chi connectivity index (χ3v) is 0. The summed E-state index contributed by atoms with van der Waals surface area (Å²) in [5.74, 6) is 0. The molecule has 4 radical (unpaired) electrons. The van der Waals surface area contributed by atoms with E-state index < -0.39 is 0 Å². The third kappa shape index (κ3) is 134. The SMILES string of the molecule is [B-].[N-]=C=O.[Na+]. The van der Waals surface area contributed by atoms with E-state index >= 15 is 0 Å². The molecule has 0 amide bonds. The first-order valence-corrected chi connectivity index (χ1v) is 0.428. The van der Waals surface area contributed by atoms with Crippen LogP contribution in [0.5, 0.6) is 0 Å². The molecule has 20 valence electrons. The first-order chi connectivity index (χ1) is 1.41.